The SMILES string of the molecule is Cc1cccc(Cl)c1C(=O)Nc1cn[nH]c1C. The summed E-state index contributed by atoms with van der Waals surface area (Å²) >= 11 is 6.02. The Morgan fingerprint density at radius 2 is 2.18 bits per heavy atom. The Bertz CT molecular complexity index is 542. The molecular weight excluding hydrogens is 238 g/mol. The number of aromatic nitrogens is 2. The lowest BCUT2D eigenvalue weighted by Gasteiger charge is -2.08. The average Bonchev–Trinajstić information content (AvgIpc) is 2.64. The first-order valence-electron chi connectivity index (χ1n) is 5.16. The van der Waals surface area contributed by atoms with Crippen LogP contribution in [-0.2, 0) is 0 Å². The molecule has 0 saturated carbocycles. The molecule has 1 aromatic carbocycles. The first-order valence-corrected chi connectivity index (χ1v) is 5.54. The smallest absolute Gasteiger partial charge is 0.257 e. The summed E-state index contributed by atoms with van der Waals surface area (Å²) in [6, 6.07) is 5.37. The second-order valence-electron chi connectivity index (χ2n) is 3.79. The van der Waals surface area contributed by atoms with Crippen LogP contribution in [-0.4, -0.2) is 16.1 Å². The van der Waals surface area contributed by atoms with Gasteiger partial charge in [0.05, 0.1) is 28.2 Å². The van der Waals surface area contributed by atoms with E-state index in [2.05, 4.69) is 15.5 Å². The van der Waals surface area contributed by atoms with E-state index in [1.54, 1.807) is 12.3 Å². The van der Waals surface area contributed by atoms with Gasteiger partial charge in [0.2, 0.25) is 0 Å². The largest absolute Gasteiger partial charge is 0.319 e. The molecule has 0 atom stereocenters. The van der Waals surface area contributed by atoms with Crippen LogP contribution in [0.4, 0.5) is 5.69 Å². The Morgan fingerprint density at radius 3 is 2.76 bits per heavy atom. The molecule has 2 aromatic rings. The maximum absolute atomic E-state index is 12.1. The number of aromatic amines is 1. The number of amides is 1. The lowest BCUT2D eigenvalue weighted by molar-refractivity contribution is 0.102. The Balaban J connectivity index is 2.30. The normalized spacial score (nSPS) is 10.3. The van der Waals surface area contributed by atoms with E-state index >= 15 is 0 Å². The zero-order valence-corrected chi connectivity index (χ0v) is 10.3. The van der Waals surface area contributed by atoms with E-state index in [0.29, 0.717) is 16.3 Å². The Hall–Kier alpha value is -1.81. The summed E-state index contributed by atoms with van der Waals surface area (Å²) in [5, 5.41) is 9.82. The average molecular weight is 250 g/mol. The lowest BCUT2D eigenvalue weighted by Crippen LogP contribution is -2.14. The van der Waals surface area contributed by atoms with Crippen LogP contribution in [0.5, 0.6) is 0 Å². The molecule has 0 unspecified atom stereocenters. The van der Waals surface area contributed by atoms with Crippen molar-refractivity contribution in [2.24, 2.45) is 0 Å². The van der Waals surface area contributed by atoms with Gasteiger partial charge in [0.1, 0.15) is 0 Å². The van der Waals surface area contributed by atoms with Crippen LogP contribution >= 0.6 is 11.6 Å². The Kier molecular flexibility index (Phi) is 3.15. The van der Waals surface area contributed by atoms with Crippen molar-refractivity contribution in [1.82, 2.24) is 10.2 Å². The van der Waals surface area contributed by atoms with Crippen molar-refractivity contribution in [3.63, 3.8) is 0 Å². The van der Waals surface area contributed by atoms with E-state index in [0.717, 1.165) is 11.3 Å². The van der Waals surface area contributed by atoms with Gasteiger partial charge in [-0.25, -0.2) is 0 Å². The van der Waals surface area contributed by atoms with Gasteiger partial charge in [-0.1, -0.05) is 23.7 Å². The quantitative estimate of drug-likeness (QED) is 0.860. The highest BCUT2D eigenvalue weighted by atomic mass is 35.5. The minimum Gasteiger partial charge on any atom is -0.319 e. The molecule has 0 spiro atoms. The molecule has 17 heavy (non-hydrogen) atoms. The van der Waals surface area contributed by atoms with Gasteiger partial charge in [-0.2, -0.15) is 5.10 Å². The number of H-pyrrole nitrogens is 1. The molecule has 0 bridgehead atoms. The summed E-state index contributed by atoms with van der Waals surface area (Å²) in [4.78, 5) is 12.1. The van der Waals surface area contributed by atoms with Crippen LogP contribution in [0.2, 0.25) is 5.02 Å². The van der Waals surface area contributed by atoms with Crippen LogP contribution < -0.4 is 5.32 Å². The van der Waals surface area contributed by atoms with Gasteiger partial charge in [-0.05, 0) is 25.5 Å². The summed E-state index contributed by atoms with van der Waals surface area (Å²) in [6.45, 7) is 3.69. The van der Waals surface area contributed by atoms with Gasteiger partial charge in [0.15, 0.2) is 0 Å². The number of benzene rings is 1. The van der Waals surface area contributed by atoms with E-state index in [1.807, 2.05) is 26.0 Å². The number of carbonyl (C=O) groups excluding carboxylic acids is 1. The predicted molar refractivity (Wildman–Crippen MR) is 67.5 cm³/mol. The van der Waals surface area contributed by atoms with Gasteiger partial charge in [-0.3, -0.25) is 9.89 Å². The van der Waals surface area contributed by atoms with Gasteiger partial charge < -0.3 is 5.32 Å². The van der Waals surface area contributed by atoms with E-state index in [4.69, 9.17) is 11.6 Å². The molecule has 0 aliphatic heterocycles. The maximum atomic E-state index is 12.1. The lowest BCUT2D eigenvalue weighted by atomic mass is 10.1. The number of halogens is 1. The highest BCUT2D eigenvalue weighted by molar-refractivity contribution is 6.34. The molecule has 88 valence electrons. The van der Waals surface area contributed by atoms with Crippen molar-refractivity contribution in [3.05, 3.63) is 46.2 Å². The number of hydrogen-bond donors (Lipinski definition) is 2. The predicted octanol–water partition coefficient (Wildman–Crippen LogP) is 2.93. The van der Waals surface area contributed by atoms with Crippen molar-refractivity contribution in [1.29, 1.82) is 0 Å². The van der Waals surface area contributed by atoms with Crippen molar-refractivity contribution in [2.75, 3.05) is 5.32 Å². The monoisotopic (exact) mass is 249 g/mol. The molecule has 5 heteroatoms. The van der Waals surface area contributed by atoms with Crippen molar-refractivity contribution in [2.45, 2.75) is 13.8 Å². The van der Waals surface area contributed by atoms with Crippen LogP contribution in [0.15, 0.2) is 24.4 Å². The number of anilines is 1. The summed E-state index contributed by atoms with van der Waals surface area (Å²) in [5.74, 6) is -0.224. The number of rotatable bonds is 2. The number of nitrogens with zero attached hydrogens (tertiary/aromatic N) is 1. The molecule has 2 rings (SSSR count). The molecule has 0 aliphatic carbocycles. The zero-order chi connectivity index (χ0) is 12.4. The van der Waals surface area contributed by atoms with Gasteiger partial charge in [0.25, 0.3) is 5.91 Å². The summed E-state index contributed by atoms with van der Waals surface area (Å²) in [6.07, 6.45) is 1.57. The van der Waals surface area contributed by atoms with Crippen LogP contribution in [0, 0.1) is 13.8 Å². The van der Waals surface area contributed by atoms with Crippen LogP contribution in [0.3, 0.4) is 0 Å². The third-order valence-electron chi connectivity index (χ3n) is 2.53. The standard InChI is InChI=1S/C12H12ClN3O/c1-7-4-3-5-9(13)11(7)12(17)15-10-6-14-16-8(10)2/h3-6H,1-2H3,(H,14,16)(H,15,17). The molecule has 0 aliphatic rings. The molecule has 0 fully saturated rings. The summed E-state index contributed by atoms with van der Waals surface area (Å²) < 4.78 is 0. The van der Waals surface area contributed by atoms with Crippen molar-refractivity contribution >= 4 is 23.2 Å². The number of hydrogen-bond acceptors (Lipinski definition) is 2. The second-order valence-corrected chi connectivity index (χ2v) is 4.20. The highest BCUT2D eigenvalue weighted by Gasteiger charge is 2.14. The molecule has 0 radical (unpaired) electrons. The van der Waals surface area contributed by atoms with E-state index in [-0.39, 0.29) is 5.91 Å². The van der Waals surface area contributed by atoms with Crippen molar-refractivity contribution in [3.8, 4) is 0 Å². The second kappa shape index (κ2) is 4.59. The summed E-state index contributed by atoms with van der Waals surface area (Å²) in [5.41, 5.74) is 2.81. The zero-order valence-electron chi connectivity index (χ0n) is 9.54. The van der Waals surface area contributed by atoms with E-state index in [9.17, 15) is 4.79 Å². The van der Waals surface area contributed by atoms with Crippen LogP contribution in [0.1, 0.15) is 21.6 Å². The molecule has 4 nitrogen and oxygen atoms in total. The van der Waals surface area contributed by atoms with Gasteiger partial charge in [-0.15, -0.1) is 0 Å². The minimum absolute atomic E-state index is 0.224. The first-order chi connectivity index (χ1) is 8.09. The molecule has 1 amide bonds. The molecule has 1 aromatic heterocycles. The molecule has 0 saturated heterocycles. The molecule has 1 heterocycles. The number of aryl methyl sites for hydroxylation is 2. The Morgan fingerprint density at radius 1 is 1.41 bits per heavy atom. The third-order valence-corrected chi connectivity index (χ3v) is 2.84. The van der Waals surface area contributed by atoms with Crippen molar-refractivity contribution < 1.29 is 4.79 Å². The fourth-order valence-corrected chi connectivity index (χ4v) is 1.89. The molecule has 2 N–H and O–H groups in total. The minimum atomic E-state index is -0.224. The fraction of sp³-hybridized carbons (Fsp3) is 0.167. The van der Waals surface area contributed by atoms with Crippen LogP contribution in [0.25, 0.3) is 0 Å². The Labute approximate surface area is 104 Å². The maximum Gasteiger partial charge on any atom is 0.257 e. The fourth-order valence-electron chi connectivity index (χ4n) is 1.58. The van der Waals surface area contributed by atoms with Gasteiger partial charge in [0, 0.05) is 0 Å². The number of nitrogens with one attached hydrogen (secondary N) is 2. The van der Waals surface area contributed by atoms with E-state index < -0.39 is 0 Å². The topological polar surface area (TPSA) is 57.8 Å². The highest BCUT2D eigenvalue weighted by Crippen LogP contribution is 2.21. The third kappa shape index (κ3) is 2.31. The molecular formula is C12H12ClN3O. The number of carbonyl (C=O) groups is 1. The summed E-state index contributed by atoms with van der Waals surface area (Å²) in [7, 11) is 0. The van der Waals surface area contributed by atoms with Gasteiger partial charge >= 0.3 is 0 Å². The first kappa shape index (κ1) is 11.7. The van der Waals surface area contributed by atoms with E-state index in [1.165, 1.54) is 0 Å².